The standard InChI is InChI=1S/C35H27N/c1-36(34-19-11-10-18-32(34)27-13-4-2-5-14-27)35-25-31(22-23-33(35)28-15-6-3-7-16-28)30-21-20-26-12-8-9-17-29(26)24-30/h2-25H,1H3. The highest BCUT2D eigenvalue weighted by molar-refractivity contribution is 5.92. The molecule has 0 N–H and O–H groups in total. The second-order valence-corrected chi connectivity index (χ2v) is 9.10. The van der Waals surface area contributed by atoms with Gasteiger partial charge in [-0.3, -0.25) is 0 Å². The number of anilines is 2. The molecule has 0 atom stereocenters. The molecule has 36 heavy (non-hydrogen) atoms. The van der Waals surface area contributed by atoms with Gasteiger partial charge < -0.3 is 4.90 Å². The predicted molar refractivity (Wildman–Crippen MR) is 155 cm³/mol. The monoisotopic (exact) mass is 461 g/mol. The van der Waals surface area contributed by atoms with Gasteiger partial charge in [0.25, 0.3) is 0 Å². The van der Waals surface area contributed by atoms with Crippen LogP contribution in [0.2, 0.25) is 0 Å². The van der Waals surface area contributed by atoms with Crippen molar-refractivity contribution in [1.82, 2.24) is 0 Å². The number of fused-ring (bicyclic) bond motifs is 1. The lowest BCUT2D eigenvalue weighted by molar-refractivity contribution is 1.21. The van der Waals surface area contributed by atoms with Crippen LogP contribution in [0.3, 0.4) is 0 Å². The molecular weight excluding hydrogens is 434 g/mol. The van der Waals surface area contributed by atoms with E-state index in [1.54, 1.807) is 0 Å². The Balaban J connectivity index is 1.52. The Morgan fingerprint density at radius 2 is 0.889 bits per heavy atom. The van der Waals surface area contributed by atoms with Gasteiger partial charge in [0.2, 0.25) is 0 Å². The topological polar surface area (TPSA) is 3.24 Å². The van der Waals surface area contributed by atoms with Gasteiger partial charge in [-0.2, -0.15) is 0 Å². The average molecular weight is 462 g/mol. The van der Waals surface area contributed by atoms with Gasteiger partial charge >= 0.3 is 0 Å². The molecule has 0 amide bonds. The Labute approximate surface area is 212 Å². The van der Waals surface area contributed by atoms with Crippen LogP contribution in [-0.2, 0) is 0 Å². The van der Waals surface area contributed by atoms with Crippen LogP contribution in [0, 0.1) is 0 Å². The maximum Gasteiger partial charge on any atom is 0.0494 e. The Morgan fingerprint density at radius 1 is 0.361 bits per heavy atom. The van der Waals surface area contributed by atoms with Crippen LogP contribution in [0.1, 0.15) is 0 Å². The van der Waals surface area contributed by atoms with Crippen LogP contribution in [0.15, 0.2) is 146 Å². The summed E-state index contributed by atoms with van der Waals surface area (Å²) in [4.78, 5) is 2.33. The Bertz CT molecular complexity index is 1630. The fourth-order valence-electron chi connectivity index (χ4n) is 4.98. The van der Waals surface area contributed by atoms with Crippen molar-refractivity contribution in [3.05, 3.63) is 146 Å². The van der Waals surface area contributed by atoms with Crippen molar-refractivity contribution in [2.75, 3.05) is 11.9 Å². The molecule has 0 spiro atoms. The predicted octanol–water partition coefficient (Wildman–Crippen LogP) is 9.61. The minimum atomic E-state index is 1.18. The molecule has 0 unspecified atom stereocenters. The van der Waals surface area contributed by atoms with E-state index >= 15 is 0 Å². The maximum absolute atomic E-state index is 2.33. The van der Waals surface area contributed by atoms with Gasteiger partial charge in [0, 0.05) is 29.5 Å². The molecule has 0 heterocycles. The van der Waals surface area contributed by atoms with Crippen LogP contribution >= 0.6 is 0 Å². The first-order valence-electron chi connectivity index (χ1n) is 12.3. The molecule has 0 radical (unpaired) electrons. The van der Waals surface area contributed by atoms with Crippen molar-refractivity contribution in [3.8, 4) is 33.4 Å². The van der Waals surface area contributed by atoms with E-state index in [-0.39, 0.29) is 0 Å². The van der Waals surface area contributed by atoms with Crippen molar-refractivity contribution in [2.45, 2.75) is 0 Å². The zero-order valence-electron chi connectivity index (χ0n) is 20.3. The molecule has 0 aliphatic rings. The molecule has 1 nitrogen and oxygen atoms in total. The Hall–Kier alpha value is -4.62. The highest BCUT2D eigenvalue weighted by Gasteiger charge is 2.16. The van der Waals surface area contributed by atoms with E-state index in [9.17, 15) is 0 Å². The first-order valence-corrected chi connectivity index (χ1v) is 12.3. The molecule has 6 aromatic rings. The first kappa shape index (κ1) is 21.9. The van der Waals surface area contributed by atoms with Gasteiger partial charge in [0.1, 0.15) is 0 Å². The average Bonchev–Trinajstić information content (AvgIpc) is 2.97. The second-order valence-electron chi connectivity index (χ2n) is 9.10. The summed E-state index contributed by atoms with van der Waals surface area (Å²) in [6, 6.07) is 52.0. The van der Waals surface area contributed by atoms with E-state index in [2.05, 4.69) is 158 Å². The fourth-order valence-corrected chi connectivity index (χ4v) is 4.98. The van der Waals surface area contributed by atoms with Gasteiger partial charge in [-0.15, -0.1) is 0 Å². The number of benzene rings is 6. The summed E-state index contributed by atoms with van der Waals surface area (Å²) in [5.74, 6) is 0. The molecule has 0 saturated heterocycles. The SMILES string of the molecule is CN(c1ccccc1-c1ccccc1)c1cc(-c2ccc3ccccc3c2)ccc1-c1ccccc1. The molecule has 6 aromatic carbocycles. The van der Waals surface area contributed by atoms with E-state index in [0.717, 1.165) is 0 Å². The number of hydrogen-bond acceptors (Lipinski definition) is 1. The van der Waals surface area contributed by atoms with Gasteiger partial charge in [0.15, 0.2) is 0 Å². The van der Waals surface area contributed by atoms with Crippen LogP contribution < -0.4 is 4.90 Å². The summed E-state index contributed by atoms with van der Waals surface area (Å²) in [7, 11) is 2.17. The van der Waals surface area contributed by atoms with Crippen molar-refractivity contribution in [1.29, 1.82) is 0 Å². The largest absolute Gasteiger partial charge is 0.344 e. The van der Waals surface area contributed by atoms with E-state index in [1.807, 2.05) is 0 Å². The number of hydrogen-bond donors (Lipinski definition) is 0. The minimum absolute atomic E-state index is 1.18. The van der Waals surface area contributed by atoms with Crippen molar-refractivity contribution in [3.63, 3.8) is 0 Å². The normalized spacial score (nSPS) is 10.9. The first-order chi connectivity index (χ1) is 17.8. The molecule has 0 aliphatic carbocycles. The fraction of sp³-hybridized carbons (Fsp3) is 0.0286. The van der Waals surface area contributed by atoms with Crippen molar-refractivity contribution in [2.24, 2.45) is 0 Å². The highest BCUT2D eigenvalue weighted by Crippen LogP contribution is 2.41. The molecule has 0 saturated carbocycles. The Morgan fingerprint density at radius 3 is 1.61 bits per heavy atom. The van der Waals surface area contributed by atoms with E-state index in [0.29, 0.717) is 0 Å². The van der Waals surface area contributed by atoms with Crippen molar-refractivity contribution < 1.29 is 0 Å². The summed E-state index contributed by atoms with van der Waals surface area (Å²) in [6.45, 7) is 0. The quantitative estimate of drug-likeness (QED) is 0.247. The molecule has 6 rings (SSSR count). The Kier molecular flexibility index (Phi) is 5.81. The highest BCUT2D eigenvalue weighted by atomic mass is 15.1. The third-order valence-corrected chi connectivity index (χ3v) is 6.88. The van der Waals surface area contributed by atoms with Gasteiger partial charge in [0.05, 0.1) is 0 Å². The summed E-state index contributed by atoms with van der Waals surface area (Å²) in [6.07, 6.45) is 0. The van der Waals surface area contributed by atoms with Gasteiger partial charge in [-0.05, 0) is 51.2 Å². The van der Waals surface area contributed by atoms with Crippen LogP contribution in [0.4, 0.5) is 11.4 Å². The zero-order chi connectivity index (χ0) is 24.3. The van der Waals surface area contributed by atoms with E-state index in [4.69, 9.17) is 0 Å². The third-order valence-electron chi connectivity index (χ3n) is 6.88. The lowest BCUT2D eigenvalue weighted by atomic mass is 9.95. The molecule has 0 fully saturated rings. The molecule has 1 heteroatoms. The van der Waals surface area contributed by atoms with Crippen LogP contribution in [-0.4, -0.2) is 7.05 Å². The molecule has 0 aliphatic heterocycles. The second kappa shape index (κ2) is 9.56. The summed E-state index contributed by atoms with van der Waals surface area (Å²) in [5, 5.41) is 2.52. The van der Waals surface area contributed by atoms with E-state index in [1.165, 1.54) is 55.5 Å². The van der Waals surface area contributed by atoms with Crippen LogP contribution in [0.25, 0.3) is 44.2 Å². The lowest BCUT2D eigenvalue weighted by Gasteiger charge is -2.26. The van der Waals surface area contributed by atoms with E-state index < -0.39 is 0 Å². The minimum Gasteiger partial charge on any atom is -0.344 e. The summed E-state index contributed by atoms with van der Waals surface area (Å²) < 4.78 is 0. The van der Waals surface area contributed by atoms with Gasteiger partial charge in [-0.25, -0.2) is 0 Å². The molecule has 0 aromatic heterocycles. The summed E-state index contributed by atoms with van der Waals surface area (Å²) >= 11 is 0. The number of para-hydroxylation sites is 1. The zero-order valence-corrected chi connectivity index (χ0v) is 20.3. The van der Waals surface area contributed by atoms with Crippen LogP contribution in [0.5, 0.6) is 0 Å². The third kappa shape index (κ3) is 4.16. The molecule has 172 valence electrons. The smallest absolute Gasteiger partial charge is 0.0494 e. The van der Waals surface area contributed by atoms with Gasteiger partial charge in [-0.1, -0.05) is 127 Å². The number of rotatable bonds is 5. The molecule has 0 bridgehead atoms. The summed E-state index contributed by atoms with van der Waals surface area (Å²) in [5.41, 5.74) is 9.64. The number of nitrogens with zero attached hydrogens (tertiary/aromatic N) is 1. The van der Waals surface area contributed by atoms with Crippen molar-refractivity contribution >= 4 is 22.1 Å². The maximum atomic E-state index is 2.33. The lowest BCUT2D eigenvalue weighted by Crippen LogP contribution is -2.12. The molecular formula is C35H27N.